The normalized spacial score (nSPS) is 19.9. The van der Waals surface area contributed by atoms with Gasteiger partial charge in [0.2, 0.25) is 0 Å². The second-order valence-electron chi connectivity index (χ2n) is 8.14. The zero-order valence-corrected chi connectivity index (χ0v) is 17.0. The first kappa shape index (κ1) is 21.1. The van der Waals surface area contributed by atoms with E-state index in [0.29, 0.717) is 23.1 Å². The highest BCUT2D eigenvalue weighted by Crippen LogP contribution is 2.40. The number of carbonyl (C=O) groups is 2. The van der Waals surface area contributed by atoms with E-state index in [-0.39, 0.29) is 23.9 Å². The first-order valence-corrected chi connectivity index (χ1v) is 9.43. The average molecular weight is 377 g/mol. The van der Waals surface area contributed by atoms with Crippen molar-refractivity contribution in [1.29, 1.82) is 0 Å². The molecule has 1 aromatic carbocycles. The van der Waals surface area contributed by atoms with Crippen molar-refractivity contribution >= 4 is 17.6 Å². The molecular formula is C21H31NO5. The maximum absolute atomic E-state index is 12.3. The first-order chi connectivity index (χ1) is 12.7. The van der Waals surface area contributed by atoms with Crippen LogP contribution in [-0.2, 0) is 14.3 Å². The third-order valence-electron chi connectivity index (χ3n) is 5.31. The van der Waals surface area contributed by atoms with Gasteiger partial charge in [-0.1, -0.05) is 20.8 Å². The number of hydrogen-bond acceptors (Lipinski definition) is 5. The van der Waals surface area contributed by atoms with Crippen LogP contribution in [0.3, 0.4) is 0 Å². The number of benzene rings is 1. The third kappa shape index (κ3) is 5.88. The maximum Gasteiger partial charge on any atom is 0.309 e. The summed E-state index contributed by atoms with van der Waals surface area (Å²) < 4.78 is 15.6. The monoisotopic (exact) mass is 377 g/mol. The molecule has 1 fully saturated rings. The van der Waals surface area contributed by atoms with Crippen LogP contribution in [0.15, 0.2) is 18.2 Å². The lowest BCUT2D eigenvalue weighted by Crippen LogP contribution is -2.31. The first-order valence-electron chi connectivity index (χ1n) is 9.43. The fraction of sp³-hybridized carbons (Fsp3) is 0.619. The molecule has 0 radical (unpaired) electrons. The lowest BCUT2D eigenvalue weighted by Gasteiger charge is -2.36. The van der Waals surface area contributed by atoms with Gasteiger partial charge in [-0.15, -0.1) is 0 Å². The Balaban J connectivity index is 1.81. The molecular weight excluding hydrogens is 346 g/mol. The summed E-state index contributed by atoms with van der Waals surface area (Å²) >= 11 is 0. The Hall–Kier alpha value is -2.24. The molecule has 6 nitrogen and oxygen atoms in total. The molecule has 1 aliphatic rings. The molecule has 0 atom stereocenters. The summed E-state index contributed by atoms with van der Waals surface area (Å²) in [4.78, 5) is 24.4. The molecule has 6 heteroatoms. The minimum absolute atomic E-state index is 0.105. The fourth-order valence-electron chi connectivity index (χ4n) is 3.54. The van der Waals surface area contributed by atoms with E-state index in [4.69, 9.17) is 14.2 Å². The minimum atomic E-state index is -0.393. The Labute approximate surface area is 161 Å². The molecule has 0 saturated heterocycles. The van der Waals surface area contributed by atoms with Gasteiger partial charge in [0.15, 0.2) is 6.61 Å². The number of amides is 1. The van der Waals surface area contributed by atoms with E-state index in [1.54, 1.807) is 25.3 Å². The quantitative estimate of drug-likeness (QED) is 0.758. The largest absolute Gasteiger partial charge is 0.497 e. The third-order valence-corrected chi connectivity index (χ3v) is 5.31. The molecule has 0 aromatic heterocycles. The second-order valence-corrected chi connectivity index (χ2v) is 8.14. The Morgan fingerprint density at radius 2 is 1.74 bits per heavy atom. The van der Waals surface area contributed by atoms with Crippen molar-refractivity contribution in [3.63, 3.8) is 0 Å². The van der Waals surface area contributed by atoms with Crippen molar-refractivity contribution in [2.45, 2.75) is 46.5 Å². The molecule has 0 bridgehead atoms. The Kier molecular flexibility index (Phi) is 7.11. The van der Waals surface area contributed by atoms with Crippen molar-refractivity contribution in [2.75, 3.05) is 26.1 Å². The highest BCUT2D eigenvalue weighted by molar-refractivity contribution is 5.94. The number of hydrogen-bond donors (Lipinski definition) is 1. The molecule has 0 aliphatic heterocycles. The lowest BCUT2D eigenvalue weighted by molar-refractivity contribution is -0.153. The van der Waals surface area contributed by atoms with E-state index < -0.39 is 5.91 Å². The van der Waals surface area contributed by atoms with Crippen LogP contribution < -0.4 is 14.8 Å². The number of esters is 1. The highest BCUT2D eigenvalue weighted by atomic mass is 16.5. The molecule has 1 saturated carbocycles. The minimum Gasteiger partial charge on any atom is -0.497 e. The van der Waals surface area contributed by atoms with Gasteiger partial charge in [0.1, 0.15) is 11.5 Å². The van der Waals surface area contributed by atoms with Gasteiger partial charge >= 0.3 is 5.97 Å². The van der Waals surface area contributed by atoms with Gasteiger partial charge in [0.05, 0.1) is 25.8 Å². The predicted octanol–water partition coefficient (Wildman–Crippen LogP) is 4.04. The number of rotatable bonds is 6. The highest BCUT2D eigenvalue weighted by Gasteiger charge is 2.33. The van der Waals surface area contributed by atoms with Crippen molar-refractivity contribution in [2.24, 2.45) is 17.3 Å². The zero-order chi connectivity index (χ0) is 20.0. The van der Waals surface area contributed by atoms with Gasteiger partial charge in [-0.3, -0.25) is 9.59 Å². The van der Waals surface area contributed by atoms with Crippen LogP contribution in [0.5, 0.6) is 11.5 Å². The summed E-state index contributed by atoms with van der Waals surface area (Å²) in [6, 6.07) is 5.08. The number of methoxy groups -OCH3 is 2. The van der Waals surface area contributed by atoms with Crippen molar-refractivity contribution < 1.29 is 23.8 Å². The number of ether oxygens (including phenoxy) is 3. The van der Waals surface area contributed by atoms with Crippen LogP contribution in [0, 0.1) is 17.3 Å². The van der Waals surface area contributed by atoms with Gasteiger partial charge in [0, 0.05) is 6.07 Å². The van der Waals surface area contributed by atoms with Gasteiger partial charge in [-0.25, -0.2) is 0 Å². The number of anilines is 1. The van der Waals surface area contributed by atoms with E-state index in [1.165, 1.54) is 7.11 Å². The summed E-state index contributed by atoms with van der Waals surface area (Å²) in [5.41, 5.74) is 0.775. The molecule has 1 N–H and O–H groups in total. The van der Waals surface area contributed by atoms with Gasteiger partial charge in [-0.2, -0.15) is 0 Å². The van der Waals surface area contributed by atoms with E-state index in [0.717, 1.165) is 25.7 Å². The van der Waals surface area contributed by atoms with Crippen molar-refractivity contribution in [1.82, 2.24) is 0 Å². The molecule has 0 spiro atoms. The summed E-state index contributed by atoms with van der Waals surface area (Å²) in [6.07, 6.45) is 3.71. The SMILES string of the molecule is COc1ccc(NC(=O)COC(=O)C2CCC(C(C)(C)C)CC2)c(OC)c1. The van der Waals surface area contributed by atoms with E-state index in [9.17, 15) is 9.59 Å². The molecule has 0 heterocycles. The van der Waals surface area contributed by atoms with Crippen LogP contribution in [0.25, 0.3) is 0 Å². The van der Waals surface area contributed by atoms with E-state index in [1.807, 2.05) is 0 Å². The van der Waals surface area contributed by atoms with Crippen LogP contribution >= 0.6 is 0 Å². The summed E-state index contributed by atoms with van der Waals surface area (Å²) in [6.45, 7) is 6.43. The Morgan fingerprint density at radius 3 is 2.30 bits per heavy atom. The van der Waals surface area contributed by atoms with E-state index in [2.05, 4.69) is 26.1 Å². The summed E-state index contributed by atoms with van der Waals surface area (Å²) in [7, 11) is 3.07. The predicted molar refractivity (Wildman–Crippen MR) is 104 cm³/mol. The van der Waals surface area contributed by atoms with Gasteiger partial charge in [-0.05, 0) is 49.1 Å². The molecule has 150 valence electrons. The molecule has 0 unspecified atom stereocenters. The second kappa shape index (κ2) is 9.11. The fourth-order valence-corrected chi connectivity index (χ4v) is 3.54. The smallest absolute Gasteiger partial charge is 0.309 e. The zero-order valence-electron chi connectivity index (χ0n) is 17.0. The Morgan fingerprint density at radius 1 is 1.07 bits per heavy atom. The Bertz CT molecular complexity index is 657. The maximum atomic E-state index is 12.3. The molecule has 1 amide bonds. The van der Waals surface area contributed by atoms with Crippen molar-refractivity contribution in [3.8, 4) is 11.5 Å². The lowest BCUT2D eigenvalue weighted by atomic mass is 9.70. The van der Waals surface area contributed by atoms with Gasteiger partial charge in [0.25, 0.3) is 5.91 Å². The molecule has 1 aliphatic carbocycles. The van der Waals surface area contributed by atoms with E-state index >= 15 is 0 Å². The number of carbonyl (C=O) groups excluding carboxylic acids is 2. The summed E-state index contributed by atoms with van der Waals surface area (Å²) in [5.74, 6) is 0.963. The molecule has 27 heavy (non-hydrogen) atoms. The standard InChI is InChI=1S/C21H31NO5/c1-21(2,3)15-8-6-14(7-9-15)20(24)27-13-19(23)22-17-11-10-16(25-4)12-18(17)26-5/h10-12,14-15H,6-9,13H2,1-5H3,(H,22,23). The van der Waals surface area contributed by atoms with Crippen LogP contribution in [0.2, 0.25) is 0 Å². The topological polar surface area (TPSA) is 73.9 Å². The van der Waals surface area contributed by atoms with Gasteiger partial charge < -0.3 is 19.5 Å². The summed E-state index contributed by atoms with van der Waals surface area (Å²) in [5, 5.41) is 2.70. The number of nitrogens with one attached hydrogen (secondary N) is 1. The molecule has 1 aromatic rings. The van der Waals surface area contributed by atoms with Crippen LogP contribution in [-0.4, -0.2) is 32.7 Å². The van der Waals surface area contributed by atoms with Crippen LogP contribution in [0.4, 0.5) is 5.69 Å². The molecule has 2 rings (SSSR count). The van der Waals surface area contributed by atoms with Crippen LogP contribution in [0.1, 0.15) is 46.5 Å². The van der Waals surface area contributed by atoms with Crippen molar-refractivity contribution in [3.05, 3.63) is 18.2 Å². The average Bonchev–Trinajstić information content (AvgIpc) is 2.65.